The molecule has 1 heterocycles. The van der Waals surface area contributed by atoms with Crippen LogP contribution < -0.4 is 5.32 Å². The van der Waals surface area contributed by atoms with Crippen molar-refractivity contribution in [2.75, 3.05) is 6.54 Å². The zero-order valence-corrected chi connectivity index (χ0v) is 12.8. The molecule has 0 aromatic heterocycles. The normalized spacial score (nSPS) is 34.5. The summed E-state index contributed by atoms with van der Waals surface area (Å²) in [6.07, 6.45) is 3.57. The van der Waals surface area contributed by atoms with E-state index in [0.29, 0.717) is 18.5 Å². The first-order valence-electron chi connectivity index (χ1n) is 7.52. The molecule has 3 atom stereocenters. The molecule has 22 heavy (non-hydrogen) atoms. The van der Waals surface area contributed by atoms with E-state index in [1.807, 2.05) is 13.8 Å². The van der Waals surface area contributed by atoms with Gasteiger partial charge in [0.25, 0.3) is 0 Å². The van der Waals surface area contributed by atoms with Gasteiger partial charge in [-0.15, -0.1) is 0 Å². The molecule has 3 unspecified atom stereocenters. The molecule has 0 spiro atoms. The number of aliphatic hydroxyl groups is 1. The van der Waals surface area contributed by atoms with Crippen molar-refractivity contribution in [1.29, 1.82) is 0 Å². The summed E-state index contributed by atoms with van der Waals surface area (Å²) in [5, 5.41) is 34.9. The van der Waals surface area contributed by atoms with Gasteiger partial charge in [-0.1, -0.05) is 6.07 Å². The molecule has 1 aromatic carbocycles. The van der Waals surface area contributed by atoms with Crippen LogP contribution in [-0.2, 0) is 10.2 Å². The number of benzene rings is 1. The molecule has 1 saturated heterocycles. The van der Waals surface area contributed by atoms with Crippen LogP contribution in [0.4, 0.5) is 0 Å². The Bertz CT molecular complexity index is 669. The van der Waals surface area contributed by atoms with Crippen molar-refractivity contribution in [2.45, 2.75) is 43.7 Å². The summed E-state index contributed by atoms with van der Waals surface area (Å²) in [6.45, 7) is 4.31. The number of aromatic hydroxyl groups is 2. The maximum absolute atomic E-state index is 12.1. The molecule has 0 bridgehead atoms. The summed E-state index contributed by atoms with van der Waals surface area (Å²) in [4.78, 5) is 12.1. The number of hydrogen-bond acceptors (Lipinski definition) is 5. The summed E-state index contributed by atoms with van der Waals surface area (Å²) in [7, 11) is 0. The van der Waals surface area contributed by atoms with E-state index in [9.17, 15) is 20.1 Å². The molecular formula is C17H21NO4. The van der Waals surface area contributed by atoms with Crippen molar-refractivity contribution < 1.29 is 20.1 Å². The lowest BCUT2D eigenvalue weighted by molar-refractivity contribution is -0.123. The van der Waals surface area contributed by atoms with Gasteiger partial charge in [0.2, 0.25) is 0 Å². The molecule has 118 valence electrons. The van der Waals surface area contributed by atoms with Crippen LogP contribution >= 0.6 is 0 Å². The van der Waals surface area contributed by atoms with Gasteiger partial charge in [0.15, 0.2) is 17.3 Å². The molecule has 0 amide bonds. The molecule has 4 N–H and O–H groups in total. The number of phenols is 2. The molecule has 5 heteroatoms. The first kappa shape index (κ1) is 15.1. The number of ketones is 1. The van der Waals surface area contributed by atoms with E-state index in [-0.39, 0.29) is 29.7 Å². The number of phenolic OH excluding ortho intramolecular Hbond substituents is 2. The molecule has 5 nitrogen and oxygen atoms in total. The molecule has 1 aliphatic heterocycles. The Labute approximate surface area is 129 Å². The highest BCUT2D eigenvalue weighted by molar-refractivity contribution is 5.93. The maximum Gasteiger partial charge on any atom is 0.161 e. The van der Waals surface area contributed by atoms with E-state index >= 15 is 0 Å². The smallest absolute Gasteiger partial charge is 0.161 e. The van der Waals surface area contributed by atoms with E-state index in [1.165, 1.54) is 12.1 Å². The minimum atomic E-state index is -1.30. The molecule has 1 aliphatic carbocycles. The Morgan fingerprint density at radius 1 is 1.32 bits per heavy atom. The summed E-state index contributed by atoms with van der Waals surface area (Å²) >= 11 is 0. The third-order valence-electron chi connectivity index (χ3n) is 5.27. The first-order chi connectivity index (χ1) is 10.3. The highest BCUT2D eigenvalue weighted by Gasteiger charge is 2.58. The monoisotopic (exact) mass is 303 g/mol. The number of piperidine rings is 1. The minimum Gasteiger partial charge on any atom is -0.504 e. The zero-order chi connectivity index (χ0) is 16.1. The SMILES string of the molecule is Cc1ccc(O)c(O)c1C12CCNC(C)C1(O)C=CC(=O)C2. The van der Waals surface area contributed by atoms with Gasteiger partial charge in [-0.25, -0.2) is 0 Å². The largest absolute Gasteiger partial charge is 0.504 e. The Morgan fingerprint density at radius 2 is 2.05 bits per heavy atom. The predicted octanol–water partition coefficient (Wildman–Crippen LogP) is 1.29. The number of fused-ring (bicyclic) bond motifs is 1. The third-order valence-corrected chi connectivity index (χ3v) is 5.27. The fourth-order valence-corrected chi connectivity index (χ4v) is 4.08. The van der Waals surface area contributed by atoms with Crippen molar-refractivity contribution in [3.63, 3.8) is 0 Å². The van der Waals surface area contributed by atoms with Crippen LogP contribution in [0.1, 0.15) is 30.9 Å². The van der Waals surface area contributed by atoms with E-state index in [0.717, 1.165) is 5.56 Å². The van der Waals surface area contributed by atoms with Gasteiger partial charge >= 0.3 is 0 Å². The second-order valence-electron chi connectivity index (χ2n) is 6.43. The number of nitrogens with one attached hydrogen (secondary N) is 1. The summed E-state index contributed by atoms with van der Waals surface area (Å²) in [6, 6.07) is 2.86. The lowest BCUT2D eigenvalue weighted by atomic mass is 9.55. The van der Waals surface area contributed by atoms with Crippen LogP contribution in [0.3, 0.4) is 0 Å². The number of allylic oxidation sites excluding steroid dienone is 1. The molecule has 3 rings (SSSR count). The Kier molecular flexibility index (Phi) is 3.30. The second kappa shape index (κ2) is 4.83. The number of aryl methyl sites for hydroxylation is 1. The average Bonchev–Trinajstić information content (AvgIpc) is 2.46. The van der Waals surface area contributed by atoms with E-state index < -0.39 is 11.0 Å². The molecule has 0 radical (unpaired) electrons. The first-order valence-corrected chi connectivity index (χ1v) is 7.52. The lowest BCUT2D eigenvalue weighted by Crippen LogP contribution is -2.67. The maximum atomic E-state index is 12.1. The van der Waals surface area contributed by atoms with Gasteiger partial charge in [-0.05, 0) is 50.6 Å². The van der Waals surface area contributed by atoms with Crippen LogP contribution in [0.2, 0.25) is 0 Å². The summed E-state index contributed by atoms with van der Waals surface area (Å²) < 4.78 is 0. The quantitative estimate of drug-likeness (QED) is 0.587. The van der Waals surface area contributed by atoms with Crippen LogP contribution in [0.25, 0.3) is 0 Å². The van der Waals surface area contributed by atoms with Gasteiger partial charge in [0.05, 0.1) is 0 Å². The van der Waals surface area contributed by atoms with Crippen molar-refractivity contribution in [3.05, 3.63) is 35.4 Å². The topological polar surface area (TPSA) is 89.8 Å². The number of rotatable bonds is 1. The van der Waals surface area contributed by atoms with Gasteiger partial charge in [0, 0.05) is 23.4 Å². The Balaban J connectivity index is 2.31. The van der Waals surface area contributed by atoms with Crippen LogP contribution in [0, 0.1) is 6.92 Å². The molecule has 0 saturated carbocycles. The Morgan fingerprint density at radius 3 is 2.77 bits per heavy atom. The minimum absolute atomic E-state index is 0.0825. The number of hydrogen-bond donors (Lipinski definition) is 4. The van der Waals surface area contributed by atoms with Crippen molar-refractivity contribution >= 4 is 5.78 Å². The van der Waals surface area contributed by atoms with Crippen molar-refractivity contribution in [3.8, 4) is 11.5 Å². The second-order valence-corrected chi connectivity index (χ2v) is 6.43. The van der Waals surface area contributed by atoms with Crippen molar-refractivity contribution in [2.24, 2.45) is 0 Å². The highest BCUT2D eigenvalue weighted by Crippen LogP contribution is 2.53. The van der Waals surface area contributed by atoms with Crippen LogP contribution in [0.15, 0.2) is 24.3 Å². The lowest BCUT2D eigenvalue weighted by Gasteiger charge is -2.54. The van der Waals surface area contributed by atoms with E-state index in [2.05, 4.69) is 5.32 Å². The average molecular weight is 303 g/mol. The fourth-order valence-electron chi connectivity index (χ4n) is 4.08. The highest BCUT2D eigenvalue weighted by atomic mass is 16.3. The fraction of sp³-hybridized carbons (Fsp3) is 0.471. The molecule has 2 aliphatic rings. The molecule has 1 fully saturated rings. The molecule has 1 aromatic rings. The van der Waals surface area contributed by atoms with Gasteiger partial charge in [0.1, 0.15) is 5.60 Å². The summed E-state index contributed by atoms with van der Waals surface area (Å²) in [5.74, 6) is -0.554. The summed E-state index contributed by atoms with van der Waals surface area (Å²) in [5.41, 5.74) is -1.00. The Hall–Kier alpha value is -1.85. The zero-order valence-electron chi connectivity index (χ0n) is 12.8. The third kappa shape index (κ3) is 1.82. The predicted molar refractivity (Wildman–Crippen MR) is 82.0 cm³/mol. The van der Waals surface area contributed by atoms with Gasteiger partial charge in [-0.2, -0.15) is 0 Å². The molecular weight excluding hydrogens is 282 g/mol. The van der Waals surface area contributed by atoms with E-state index in [1.54, 1.807) is 12.1 Å². The van der Waals surface area contributed by atoms with Crippen molar-refractivity contribution in [1.82, 2.24) is 5.32 Å². The van der Waals surface area contributed by atoms with Crippen LogP contribution in [0.5, 0.6) is 11.5 Å². The van der Waals surface area contributed by atoms with Crippen LogP contribution in [-0.4, -0.2) is 39.3 Å². The van der Waals surface area contributed by atoms with Gasteiger partial charge in [-0.3, -0.25) is 4.79 Å². The standard InChI is InChI=1S/C17H21NO4/c1-10-3-4-13(20)15(21)14(10)16-7-8-18-11(2)17(16,22)6-5-12(19)9-16/h3-6,11,18,20-22H,7-9H2,1-2H3. The number of carbonyl (C=O) groups excluding carboxylic acids is 1. The van der Waals surface area contributed by atoms with Gasteiger partial charge < -0.3 is 20.6 Å². The van der Waals surface area contributed by atoms with E-state index in [4.69, 9.17) is 0 Å². The number of carbonyl (C=O) groups is 1.